The van der Waals surface area contributed by atoms with E-state index < -0.39 is 6.09 Å². The van der Waals surface area contributed by atoms with Gasteiger partial charge in [0, 0.05) is 16.6 Å². The molecule has 2 aliphatic carbocycles. The molecule has 1 N–H and O–H groups in total. The van der Waals surface area contributed by atoms with E-state index in [0.717, 1.165) is 60.9 Å². The van der Waals surface area contributed by atoms with Crippen LogP contribution in [0.4, 0.5) is 9.18 Å². The number of fused-ring (bicyclic) bond motifs is 1. The fraction of sp³-hybridized carbons (Fsp3) is 0.419. The van der Waals surface area contributed by atoms with Crippen molar-refractivity contribution in [1.82, 2.24) is 15.1 Å². The quantitative estimate of drug-likeness (QED) is 0.333. The van der Waals surface area contributed by atoms with Crippen molar-refractivity contribution >= 4 is 40.9 Å². The average molecular weight is 571 g/mol. The summed E-state index contributed by atoms with van der Waals surface area (Å²) in [7, 11) is 0. The number of nitrogens with one attached hydrogen (secondary N) is 1. The normalized spacial score (nSPS) is 18.2. The number of benzene rings is 2. The molecule has 3 aromatic rings. The van der Waals surface area contributed by atoms with Gasteiger partial charge in [-0.15, -0.1) is 5.10 Å². The summed E-state index contributed by atoms with van der Waals surface area (Å²) in [5, 5.41) is 8.82. The van der Waals surface area contributed by atoms with Crippen LogP contribution in [0.1, 0.15) is 81.5 Å². The maximum atomic E-state index is 13.6. The molecule has 206 valence electrons. The lowest BCUT2D eigenvalue weighted by Gasteiger charge is -2.27. The molecule has 0 spiro atoms. The van der Waals surface area contributed by atoms with Gasteiger partial charge in [-0.3, -0.25) is 0 Å². The number of allylic oxidation sites excluding steroid dienone is 1. The number of hydrogen-bond donors (Lipinski definition) is 1. The molecule has 1 amide bonds. The third-order valence-electron chi connectivity index (χ3n) is 7.86. The first-order valence-electron chi connectivity index (χ1n) is 13.9. The Kier molecular flexibility index (Phi) is 8.93. The minimum Gasteiger partial charge on any atom is -0.389 e. The summed E-state index contributed by atoms with van der Waals surface area (Å²) in [6, 6.07) is 11.7. The Morgan fingerprint density at radius 2 is 1.77 bits per heavy atom. The van der Waals surface area contributed by atoms with Crippen LogP contribution < -0.4 is 10.1 Å². The number of carbonyl (C=O) groups excluding carboxylic acids is 1. The van der Waals surface area contributed by atoms with Gasteiger partial charge in [0.25, 0.3) is 0 Å². The van der Waals surface area contributed by atoms with Gasteiger partial charge in [-0.1, -0.05) is 61.0 Å². The second-order valence-corrected chi connectivity index (χ2v) is 11.5. The highest BCUT2D eigenvalue weighted by atomic mass is 35.5. The minimum atomic E-state index is -0.492. The third-order valence-corrected chi connectivity index (χ3v) is 8.40. The molecule has 0 saturated heterocycles. The van der Waals surface area contributed by atoms with Crippen LogP contribution in [0.25, 0.3) is 17.3 Å². The molecule has 0 unspecified atom stereocenters. The zero-order valence-electron chi connectivity index (χ0n) is 22.2. The number of ether oxygens (including phenoxy) is 1. The monoisotopic (exact) mass is 569 g/mol. The van der Waals surface area contributed by atoms with Gasteiger partial charge in [0.2, 0.25) is 5.88 Å². The van der Waals surface area contributed by atoms with Gasteiger partial charge in [-0.25, -0.2) is 13.9 Å². The lowest BCUT2D eigenvalue weighted by molar-refractivity contribution is 0.184. The largest absolute Gasteiger partial charge is 0.414 e. The number of carbonyl (C=O) groups is 1. The molecule has 1 aromatic heterocycles. The average Bonchev–Trinajstić information content (AvgIpc) is 3.24. The summed E-state index contributed by atoms with van der Waals surface area (Å²) in [6.45, 7) is 2.05. The van der Waals surface area contributed by atoms with Crippen molar-refractivity contribution in [2.75, 3.05) is 0 Å². The highest BCUT2D eigenvalue weighted by Gasteiger charge is 2.28. The van der Waals surface area contributed by atoms with E-state index in [1.165, 1.54) is 31.4 Å². The van der Waals surface area contributed by atoms with Crippen LogP contribution in [0.3, 0.4) is 0 Å². The first-order chi connectivity index (χ1) is 18.9. The van der Waals surface area contributed by atoms with Crippen LogP contribution in [-0.4, -0.2) is 21.9 Å². The molecule has 0 radical (unpaired) electrons. The van der Waals surface area contributed by atoms with Crippen LogP contribution in [0, 0.1) is 11.7 Å². The fourth-order valence-corrected chi connectivity index (χ4v) is 6.25. The van der Waals surface area contributed by atoms with E-state index in [1.807, 2.05) is 6.07 Å². The Bertz CT molecular complexity index is 1350. The molecular formula is C31H34Cl2FN3O2. The maximum Gasteiger partial charge on any atom is 0.414 e. The van der Waals surface area contributed by atoms with Crippen molar-refractivity contribution in [2.24, 2.45) is 5.92 Å². The molecule has 1 fully saturated rings. The molecular weight excluding hydrogens is 536 g/mol. The van der Waals surface area contributed by atoms with Crippen LogP contribution >= 0.6 is 23.2 Å². The summed E-state index contributed by atoms with van der Waals surface area (Å²) in [6.07, 6.45) is 12.0. The number of halogens is 3. The molecule has 0 aliphatic heterocycles. The van der Waals surface area contributed by atoms with Crippen molar-refractivity contribution in [3.63, 3.8) is 0 Å². The second kappa shape index (κ2) is 12.6. The van der Waals surface area contributed by atoms with Gasteiger partial charge < -0.3 is 10.1 Å². The van der Waals surface area contributed by atoms with Crippen LogP contribution in [0.2, 0.25) is 10.0 Å². The molecule has 2 aromatic carbocycles. The first-order valence-corrected chi connectivity index (χ1v) is 14.7. The standard InChI is InChI=1S/C31H34Cl2FN3O2/c1-20(22-8-4-2-5-9-22)35-31(38)39-30-26-11-7-3-6-10-23(18-21-12-15-25(34)16-13-21)29(26)37(36-30)28-17-14-24(32)19-27(28)33/h12-20,22H,2-11H2,1H3,(H,35,38)/b23-18+/t20-/m1/s1. The summed E-state index contributed by atoms with van der Waals surface area (Å²) in [4.78, 5) is 13.1. The van der Waals surface area contributed by atoms with E-state index in [9.17, 15) is 9.18 Å². The van der Waals surface area contributed by atoms with E-state index in [1.54, 1.807) is 28.9 Å². The van der Waals surface area contributed by atoms with Crippen molar-refractivity contribution in [2.45, 2.75) is 77.2 Å². The summed E-state index contributed by atoms with van der Waals surface area (Å²) in [5.74, 6) is 0.469. The zero-order valence-corrected chi connectivity index (χ0v) is 23.7. The molecule has 8 heteroatoms. The smallest absolute Gasteiger partial charge is 0.389 e. The van der Waals surface area contributed by atoms with Gasteiger partial charge in [0.05, 0.1) is 16.4 Å². The second-order valence-electron chi connectivity index (χ2n) is 10.6. The number of amides is 1. The summed E-state index contributed by atoms with van der Waals surface area (Å²) in [5.41, 5.74) is 4.28. The Balaban J connectivity index is 1.55. The number of aromatic nitrogens is 2. The van der Waals surface area contributed by atoms with E-state index in [4.69, 9.17) is 33.0 Å². The highest BCUT2D eigenvalue weighted by Crippen LogP contribution is 2.39. The summed E-state index contributed by atoms with van der Waals surface area (Å²) < 4.78 is 21.3. The predicted molar refractivity (Wildman–Crippen MR) is 155 cm³/mol. The van der Waals surface area contributed by atoms with E-state index in [0.29, 0.717) is 28.1 Å². The van der Waals surface area contributed by atoms with Crippen molar-refractivity contribution < 1.29 is 13.9 Å². The molecule has 1 saturated carbocycles. The highest BCUT2D eigenvalue weighted by molar-refractivity contribution is 6.35. The molecule has 1 atom stereocenters. The molecule has 5 nitrogen and oxygen atoms in total. The summed E-state index contributed by atoms with van der Waals surface area (Å²) >= 11 is 12.8. The molecule has 39 heavy (non-hydrogen) atoms. The van der Waals surface area contributed by atoms with E-state index in [-0.39, 0.29) is 17.7 Å². The van der Waals surface area contributed by atoms with Crippen molar-refractivity contribution in [3.05, 3.63) is 75.1 Å². The predicted octanol–water partition coefficient (Wildman–Crippen LogP) is 9.03. The number of rotatable bonds is 5. The number of hydrogen-bond acceptors (Lipinski definition) is 3. The van der Waals surface area contributed by atoms with Crippen LogP contribution in [-0.2, 0) is 6.42 Å². The number of nitrogens with zero attached hydrogens (tertiary/aromatic N) is 2. The SMILES string of the molecule is C[C@@H](NC(=O)Oc1nn(-c2ccc(Cl)cc2Cl)c2c1CCCCC/C2=C\c1ccc(F)cc1)C1CCCCC1. The fourth-order valence-electron chi connectivity index (χ4n) is 5.76. The minimum absolute atomic E-state index is 0.0290. The van der Waals surface area contributed by atoms with Crippen LogP contribution in [0.5, 0.6) is 5.88 Å². The third kappa shape index (κ3) is 6.67. The van der Waals surface area contributed by atoms with E-state index >= 15 is 0 Å². The molecule has 1 heterocycles. The van der Waals surface area contributed by atoms with E-state index in [2.05, 4.69) is 18.3 Å². The van der Waals surface area contributed by atoms with Crippen molar-refractivity contribution in [3.8, 4) is 11.6 Å². The molecule has 2 aliphatic rings. The van der Waals surface area contributed by atoms with Crippen LogP contribution in [0.15, 0.2) is 42.5 Å². The lowest BCUT2D eigenvalue weighted by atomic mass is 9.85. The molecule has 0 bridgehead atoms. The Morgan fingerprint density at radius 3 is 2.51 bits per heavy atom. The van der Waals surface area contributed by atoms with Crippen molar-refractivity contribution in [1.29, 1.82) is 0 Å². The Labute approximate surface area is 239 Å². The first kappa shape index (κ1) is 27.7. The molecule has 5 rings (SSSR count). The topological polar surface area (TPSA) is 56.1 Å². The Hall–Kier alpha value is -2.83. The van der Waals surface area contributed by atoms with Gasteiger partial charge in [-0.05, 0) is 98.9 Å². The Morgan fingerprint density at radius 1 is 1.05 bits per heavy atom. The van der Waals surface area contributed by atoms with Gasteiger partial charge in [0.15, 0.2) is 0 Å². The van der Waals surface area contributed by atoms with Gasteiger partial charge in [-0.2, -0.15) is 0 Å². The maximum absolute atomic E-state index is 13.6. The van der Waals surface area contributed by atoms with Gasteiger partial charge in [0.1, 0.15) is 5.82 Å². The van der Waals surface area contributed by atoms with Gasteiger partial charge >= 0.3 is 6.09 Å². The zero-order chi connectivity index (χ0) is 27.4. The lowest BCUT2D eigenvalue weighted by Crippen LogP contribution is -2.40.